The fraction of sp³-hybridized carbons (Fsp3) is 0.462. The number of hydrogen-bond acceptors (Lipinski definition) is 3. The molecule has 94 valence electrons. The van der Waals surface area contributed by atoms with E-state index in [2.05, 4.69) is 29.4 Å². The number of nitrogens with zero attached hydrogens (tertiary/aromatic N) is 1. The molecule has 0 aliphatic carbocycles. The van der Waals surface area contributed by atoms with Gasteiger partial charge in [0.15, 0.2) is 0 Å². The highest BCUT2D eigenvalue weighted by Crippen LogP contribution is 2.14. The van der Waals surface area contributed by atoms with Gasteiger partial charge in [-0.3, -0.25) is 10.2 Å². The maximum atomic E-state index is 11.2. The van der Waals surface area contributed by atoms with E-state index in [-0.39, 0.29) is 5.91 Å². The lowest BCUT2D eigenvalue weighted by Crippen LogP contribution is -2.34. The molecule has 0 fully saturated rings. The minimum Gasteiger partial charge on any atom is -0.371 e. The van der Waals surface area contributed by atoms with E-state index in [0.29, 0.717) is 13.0 Å². The molecule has 1 aromatic rings. The molecule has 4 nitrogen and oxygen atoms in total. The molecule has 0 aromatic heterocycles. The van der Waals surface area contributed by atoms with Gasteiger partial charge in [0.25, 0.3) is 0 Å². The van der Waals surface area contributed by atoms with Crippen molar-refractivity contribution in [2.75, 3.05) is 18.0 Å². The molecule has 1 aromatic carbocycles. The van der Waals surface area contributed by atoms with E-state index in [9.17, 15) is 4.79 Å². The highest BCUT2D eigenvalue weighted by molar-refractivity contribution is 5.75. The van der Waals surface area contributed by atoms with Crippen molar-refractivity contribution >= 4 is 11.6 Å². The molecule has 0 spiro atoms. The van der Waals surface area contributed by atoms with Crippen LogP contribution in [0.1, 0.15) is 26.2 Å². The number of rotatable bonds is 7. The van der Waals surface area contributed by atoms with Crippen molar-refractivity contribution in [3.63, 3.8) is 0 Å². The average Bonchev–Trinajstić information content (AvgIpc) is 2.39. The number of para-hydroxylation sites is 1. The topological polar surface area (TPSA) is 58.4 Å². The van der Waals surface area contributed by atoms with Gasteiger partial charge in [0, 0.05) is 25.2 Å². The van der Waals surface area contributed by atoms with Crippen LogP contribution in [0.15, 0.2) is 30.3 Å². The highest BCUT2D eigenvalue weighted by Gasteiger charge is 2.07. The van der Waals surface area contributed by atoms with Gasteiger partial charge in [-0.05, 0) is 18.6 Å². The quantitative estimate of drug-likeness (QED) is 0.429. The van der Waals surface area contributed by atoms with Crippen LogP contribution in [0.5, 0.6) is 0 Å². The molecule has 0 radical (unpaired) electrons. The maximum Gasteiger partial charge on any atom is 0.235 e. The maximum absolute atomic E-state index is 11.2. The summed E-state index contributed by atoms with van der Waals surface area (Å²) in [4.78, 5) is 13.4. The molecule has 0 saturated heterocycles. The van der Waals surface area contributed by atoms with Crippen molar-refractivity contribution in [3.8, 4) is 0 Å². The Hall–Kier alpha value is -1.55. The molecule has 1 rings (SSSR count). The molecule has 0 aliphatic heterocycles. The Kier molecular flexibility index (Phi) is 6.10. The largest absolute Gasteiger partial charge is 0.371 e. The fourth-order valence-corrected chi connectivity index (χ4v) is 1.67. The second kappa shape index (κ2) is 7.68. The lowest BCUT2D eigenvalue weighted by Gasteiger charge is -2.24. The third kappa shape index (κ3) is 4.87. The number of nitrogens with one attached hydrogen (secondary N) is 1. The Balaban J connectivity index is 2.57. The molecule has 0 atom stereocenters. The zero-order valence-electron chi connectivity index (χ0n) is 10.4. The number of benzene rings is 1. The number of amides is 1. The van der Waals surface area contributed by atoms with Crippen LogP contribution < -0.4 is 16.2 Å². The summed E-state index contributed by atoms with van der Waals surface area (Å²) < 4.78 is 0. The molecule has 4 heteroatoms. The summed E-state index contributed by atoms with van der Waals surface area (Å²) in [5, 5.41) is 0. The van der Waals surface area contributed by atoms with Gasteiger partial charge in [-0.2, -0.15) is 0 Å². The summed E-state index contributed by atoms with van der Waals surface area (Å²) in [7, 11) is 0. The number of unbranched alkanes of at least 4 members (excludes halogenated alkanes) is 1. The zero-order chi connectivity index (χ0) is 12.5. The van der Waals surface area contributed by atoms with E-state index in [1.165, 1.54) is 0 Å². The summed E-state index contributed by atoms with van der Waals surface area (Å²) in [6.07, 6.45) is 2.70. The van der Waals surface area contributed by atoms with E-state index in [0.717, 1.165) is 25.1 Å². The van der Waals surface area contributed by atoms with Crippen LogP contribution in [0.2, 0.25) is 0 Å². The molecule has 17 heavy (non-hydrogen) atoms. The Morgan fingerprint density at radius 1 is 1.29 bits per heavy atom. The molecule has 0 bridgehead atoms. The van der Waals surface area contributed by atoms with E-state index >= 15 is 0 Å². The van der Waals surface area contributed by atoms with Crippen LogP contribution in [-0.4, -0.2) is 19.0 Å². The van der Waals surface area contributed by atoms with Gasteiger partial charge < -0.3 is 4.90 Å². The van der Waals surface area contributed by atoms with Gasteiger partial charge in [0.2, 0.25) is 5.91 Å². The summed E-state index contributed by atoms with van der Waals surface area (Å²) in [6.45, 7) is 3.83. The van der Waals surface area contributed by atoms with E-state index in [1.54, 1.807) is 0 Å². The summed E-state index contributed by atoms with van der Waals surface area (Å²) in [5.74, 6) is 4.96. The molecule has 0 unspecified atom stereocenters. The summed E-state index contributed by atoms with van der Waals surface area (Å²) in [5.41, 5.74) is 3.32. The van der Waals surface area contributed by atoms with Gasteiger partial charge in [-0.1, -0.05) is 31.5 Å². The molecule has 0 heterocycles. The zero-order valence-corrected chi connectivity index (χ0v) is 10.4. The van der Waals surface area contributed by atoms with Crippen molar-refractivity contribution in [1.82, 2.24) is 5.43 Å². The highest BCUT2D eigenvalue weighted by atomic mass is 16.2. The summed E-state index contributed by atoms with van der Waals surface area (Å²) >= 11 is 0. The van der Waals surface area contributed by atoms with Crippen LogP contribution in [-0.2, 0) is 4.79 Å². The van der Waals surface area contributed by atoms with Crippen molar-refractivity contribution in [2.45, 2.75) is 26.2 Å². The predicted molar refractivity (Wildman–Crippen MR) is 70.5 cm³/mol. The molecule has 3 N–H and O–H groups in total. The molecular weight excluding hydrogens is 214 g/mol. The lowest BCUT2D eigenvalue weighted by atomic mass is 10.2. The monoisotopic (exact) mass is 235 g/mol. The SMILES string of the molecule is CCCCN(CCC(=O)NN)c1ccccc1. The first-order valence-corrected chi connectivity index (χ1v) is 6.07. The third-order valence-electron chi connectivity index (χ3n) is 2.67. The van der Waals surface area contributed by atoms with Gasteiger partial charge in [0.1, 0.15) is 0 Å². The van der Waals surface area contributed by atoms with Crippen molar-refractivity contribution in [3.05, 3.63) is 30.3 Å². The number of anilines is 1. The standard InChI is InChI=1S/C13H21N3O/c1-2-3-10-16(11-9-13(17)15-14)12-7-5-4-6-8-12/h4-8H,2-3,9-11,14H2,1H3,(H,15,17). The van der Waals surface area contributed by atoms with Crippen LogP contribution in [0, 0.1) is 0 Å². The Labute approximate surface area is 103 Å². The number of nitrogens with two attached hydrogens (primary N) is 1. The predicted octanol–water partition coefficient (Wildman–Crippen LogP) is 1.67. The third-order valence-corrected chi connectivity index (χ3v) is 2.67. The lowest BCUT2D eigenvalue weighted by molar-refractivity contribution is -0.120. The first kappa shape index (κ1) is 13.5. The first-order chi connectivity index (χ1) is 8.27. The van der Waals surface area contributed by atoms with Gasteiger partial charge in [0.05, 0.1) is 0 Å². The van der Waals surface area contributed by atoms with Crippen LogP contribution in [0.3, 0.4) is 0 Å². The average molecular weight is 235 g/mol. The van der Waals surface area contributed by atoms with E-state index in [1.807, 2.05) is 18.2 Å². The number of hydrazine groups is 1. The molecular formula is C13H21N3O. The van der Waals surface area contributed by atoms with Crippen LogP contribution >= 0.6 is 0 Å². The Morgan fingerprint density at radius 3 is 2.59 bits per heavy atom. The van der Waals surface area contributed by atoms with E-state index < -0.39 is 0 Å². The Bertz CT molecular complexity index is 327. The number of hydrogen-bond donors (Lipinski definition) is 2. The number of carbonyl (C=O) groups is 1. The normalized spacial score (nSPS) is 10.0. The van der Waals surface area contributed by atoms with Gasteiger partial charge in [-0.25, -0.2) is 5.84 Å². The second-order valence-corrected chi connectivity index (χ2v) is 3.99. The Morgan fingerprint density at radius 2 is 2.00 bits per heavy atom. The molecule has 0 saturated carbocycles. The minimum absolute atomic E-state index is 0.123. The van der Waals surface area contributed by atoms with Crippen molar-refractivity contribution < 1.29 is 4.79 Å². The van der Waals surface area contributed by atoms with Crippen LogP contribution in [0.4, 0.5) is 5.69 Å². The van der Waals surface area contributed by atoms with Crippen molar-refractivity contribution in [2.24, 2.45) is 5.84 Å². The smallest absolute Gasteiger partial charge is 0.235 e. The first-order valence-electron chi connectivity index (χ1n) is 6.07. The molecule has 1 amide bonds. The fourth-order valence-electron chi connectivity index (χ4n) is 1.67. The summed E-state index contributed by atoms with van der Waals surface area (Å²) in [6, 6.07) is 10.1. The van der Waals surface area contributed by atoms with Crippen molar-refractivity contribution in [1.29, 1.82) is 0 Å². The molecule has 0 aliphatic rings. The van der Waals surface area contributed by atoms with Gasteiger partial charge in [-0.15, -0.1) is 0 Å². The number of carbonyl (C=O) groups excluding carboxylic acids is 1. The van der Waals surface area contributed by atoms with E-state index in [4.69, 9.17) is 5.84 Å². The van der Waals surface area contributed by atoms with Gasteiger partial charge >= 0.3 is 0 Å². The minimum atomic E-state index is -0.123. The van der Waals surface area contributed by atoms with Crippen LogP contribution in [0.25, 0.3) is 0 Å². The second-order valence-electron chi connectivity index (χ2n) is 3.99.